The maximum Gasteiger partial charge on any atom is 0.170 e. The van der Waals surface area contributed by atoms with Gasteiger partial charge in [-0.1, -0.05) is 18.9 Å². The molecule has 1 saturated carbocycles. The SMILES string of the molecule is S=C1N[C@H](c2ccccn2)[C@H](c2cccn2C2CCCC2)N1CCN1CCOCC1. The van der Waals surface area contributed by atoms with Crippen LogP contribution in [0, 0.1) is 0 Å². The third-order valence-corrected chi connectivity index (χ3v) is 7.14. The minimum atomic E-state index is 0.0680. The standard InChI is InChI=1S/C23H31N5OS/c30-23-25-21(19-8-3-4-10-24-19)22(28(23)13-12-26-14-16-29-17-15-26)20-9-5-11-27(20)18-6-1-2-7-18/h3-5,8-11,18,21-22H,1-2,6-7,12-17H2,(H,25,30)/t21-,22+/m1/s1. The molecule has 5 rings (SSSR count). The van der Waals surface area contributed by atoms with E-state index in [2.05, 4.69) is 55.1 Å². The summed E-state index contributed by atoms with van der Waals surface area (Å²) in [5.41, 5.74) is 2.41. The van der Waals surface area contributed by atoms with Gasteiger partial charge in [0.05, 0.1) is 31.0 Å². The molecule has 6 nitrogen and oxygen atoms in total. The Morgan fingerprint density at radius 1 is 1.07 bits per heavy atom. The number of ether oxygens (including phenoxy) is 1. The average molecular weight is 426 g/mol. The molecule has 0 radical (unpaired) electrons. The van der Waals surface area contributed by atoms with E-state index in [4.69, 9.17) is 17.0 Å². The lowest BCUT2D eigenvalue weighted by molar-refractivity contribution is 0.0349. The summed E-state index contributed by atoms with van der Waals surface area (Å²) in [6, 6.07) is 11.5. The smallest absolute Gasteiger partial charge is 0.170 e. The van der Waals surface area contributed by atoms with Crippen LogP contribution in [-0.4, -0.2) is 63.9 Å². The first-order valence-electron chi connectivity index (χ1n) is 11.3. The van der Waals surface area contributed by atoms with E-state index in [1.807, 2.05) is 12.3 Å². The van der Waals surface area contributed by atoms with Gasteiger partial charge < -0.3 is 19.5 Å². The highest BCUT2D eigenvalue weighted by molar-refractivity contribution is 7.80. The van der Waals surface area contributed by atoms with E-state index < -0.39 is 0 Å². The minimum Gasteiger partial charge on any atom is -0.379 e. The Bertz CT molecular complexity index is 844. The monoisotopic (exact) mass is 425 g/mol. The van der Waals surface area contributed by atoms with E-state index in [-0.39, 0.29) is 12.1 Å². The number of rotatable bonds is 6. The highest BCUT2D eigenvalue weighted by Gasteiger charge is 2.41. The first-order valence-corrected chi connectivity index (χ1v) is 11.7. The van der Waals surface area contributed by atoms with Crippen molar-refractivity contribution in [1.29, 1.82) is 0 Å². The van der Waals surface area contributed by atoms with Crippen molar-refractivity contribution in [2.24, 2.45) is 0 Å². The van der Waals surface area contributed by atoms with Gasteiger partial charge in [0.1, 0.15) is 0 Å². The summed E-state index contributed by atoms with van der Waals surface area (Å²) in [5.74, 6) is 0. The van der Waals surface area contributed by atoms with Crippen molar-refractivity contribution in [3.63, 3.8) is 0 Å². The van der Waals surface area contributed by atoms with Crippen molar-refractivity contribution in [1.82, 2.24) is 24.7 Å². The Balaban J connectivity index is 1.44. The van der Waals surface area contributed by atoms with Crippen molar-refractivity contribution >= 4 is 17.3 Å². The van der Waals surface area contributed by atoms with Crippen LogP contribution in [0.1, 0.15) is 55.2 Å². The molecule has 2 aromatic rings. The number of nitrogens with one attached hydrogen (secondary N) is 1. The molecular formula is C23H31N5OS. The molecule has 2 atom stereocenters. The van der Waals surface area contributed by atoms with Crippen LogP contribution in [0.5, 0.6) is 0 Å². The van der Waals surface area contributed by atoms with E-state index in [0.29, 0.717) is 6.04 Å². The highest BCUT2D eigenvalue weighted by atomic mass is 32.1. The first kappa shape index (κ1) is 20.0. The minimum absolute atomic E-state index is 0.0680. The van der Waals surface area contributed by atoms with Gasteiger partial charge in [-0.05, 0) is 49.3 Å². The van der Waals surface area contributed by atoms with Crippen molar-refractivity contribution in [3.8, 4) is 0 Å². The zero-order chi connectivity index (χ0) is 20.3. The van der Waals surface area contributed by atoms with Crippen LogP contribution >= 0.6 is 12.2 Å². The summed E-state index contributed by atoms with van der Waals surface area (Å²) >= 11 is 5.85. The van der Waals surface area contributed by atoms with Gasteiger partial charge in [0.25, 0.3) is 0 Å². The third-order valence-electron chi connectivity index (χ3n) is 6.79. The summed E-state index contributed by atoms with van der Waals surface area (Å²) in [6.07, 6.45) is 9.34. The van der Waals surface area contributed by atoms with Gasteiger partial charge in [-0.3, -0.25) is 9.88 Å². The number of thiocarbonyl (C=S) groups is 1. The van der Waals surface area contributed by atoms with Crippen LogP contribution in [0.2, 0.25) is 0 Å². The summed E-state index contributed by atoms with van der Waals surface area (Å²) in [7, 11) is 0. The van der Waals surface area contributed by atoms with Gasteiger partial charge in [0.15, 0.2) is 5.11 Å². The number of aromatic nitrogens is 2. The molecule has 0 amide bonds. The Morgan fingerprint density at radius 2 is 1.90 bits per heavy atom. The van der Waals surface area contributed by atoms with Gasteiger partial charge in [-0.25, -0.2) is 0 Å². The van der Waals surface area contributed by atoms with Gasteiger partial charge in [-0.15, -0.1) is 0 Å². The number of hydrogen-bond donors (Lipinski definition) is 1. The van der Waals surface area contributed by atoms with Crippen molar-refractivity contribution in [2.45, 2.75) is 43.8 Å². The van der Waals surface area contributed by atoms with Crippen LogP contribution < -0.4 is 5.32 Å². The molecule has 2 aliphatic heterocycles. The van der Waals surface area contributed by atoms with Crippen molar-refractivity contribution in [2.75, 3.05) is 39.4 Å². The predicted molar refractivity (Wildman–Crippen MR) is 121 cm³/mol. The molecule has 30 heavy (non-hydrogen) atoms. The molecule has 2 saturated heterocycles. The van der Waals surface area contributed by atoms with Crippen LogP contribution in [0.4, 0.5) is 0 Å². The largest absolute Gasteiger partial charge is 0.379 e. The molecule has 0 unspecified atom stereocenters. The van der Waals surface area contributed by atoms with Gasteiger partial charge in [0, 0.05) is 50.3 Å². The average Bonchev–Trinajstić information content (AvgIpc) is 3.53. The summed E-state index contributed by atoms with van der Waals surface area (Å²) < 4.78 is 8.03. The second-order valence-corrected chi connectivity index (χ2v) is 8.94. The quantitative estimate of drug-likeness (QED) is 0.717. The lowest BCUT2D eigenvalue weighted by Crippen LogP contribution is -2.42. The summed E-state index contributed by atoms with van der Waals surface area (Å²) in [5, 5.41) is 4.44. The Morgan fingerprint density at radius 3 is 2.67 bits per heavy atom. The predicted octanol–water partition coefficient (Wildman–Crippen LogP) is 3.30. The van der Waals surface area contributed by atoms with E-state index in [1.165, 1.54) is 31.4 Å². The number of morpholine rings is 1. The normalized spacial score (nSPS) is 25.7. The maximum atomic E-state index is 5.85. The van der Waals surface area contributed by atoms with Crippen LogP contribution in [0.15, 0.2) is 42.7 Å². The molecule has 1 aliphatic carbocycles. The maximum absolute atomic E-state index is 5.85. The fraction of sp³-hybridized carbons (Fsp3) is 0.565. The Kier molecular flexibility index (Phi) is 6.02. The van der Waals surface area contributed by atoms with Crippen LogP contribution in [0.25, 0.3) is 0 Å². The first-order chi connectivity index (χ1) is 14.8. The van der Waals surface area contributed by atoms with Gasteiger partial charge >= 0.3 is 0 Å². The fourth-order valence-electron chi connectivity index (χ4n) is 5.21. The summed E-state index contributed by atoms with van der Waals surface area (Å²) in [4.78, 5) is 9.56. The molecule has 4 heterocycles. The molecule has 0 aromatic carbocycles. The molecule has 3 fully saturated rings. The molecule has 0 bridgehead atoms. The van der Waals surface area contributed by atoms with Gasteiger partial charge in [0.2, 0.25) is 0 Å². The zero-order valence-electron chi connectivity index (χ0n) is 17.4. The number of nitrogens with zero attached hydrogens (tertiary/aromatic N) is 4. The van der Waals surface area contributed by atoms with Crippen molar-refractivity contribution < 1.29 is 4.74 Å². The highest BCUT2D eigenvalue weighted by Crippen LogP contribution is 2.41. The fourth-order valence-corrected chi connectivity index (χ4v) is 5.55. The van der Waals surface area contributed by atoms with Crippen LogP contribution in [0.3, 0.4) is 0 Å². The molecule has 3 aliphatic rings. The summed E-state index contributed by atoms with van der Waals surface area (Å²) in [6.45, 7) is 5.57. The number of hydrogen-bond acceptors (Lipinski definition) is 4. The Hall–Kier alpha value is -1.96. The molecular weight excluding hydrogens is 394 g/mol. The van der Waals surface area contributed by atoms with E-state index in [0.717, 1.165) is 50.2 Å². The van der Waals surface area contributed by atoms with E-state index in [9.17, 15) is 0 Å². The molecule has 160 valence electrons. The van der Waals surface area contributed by atoms with E-state index in [1.54, 1.807) is 0 Å². The number of pyridine rings is 1. The second-order valence-electron chi connectivity index (χ2n) is 8.55. The molecule has 2 aromatic heterocycles. The molecule has 7 heteroatoms. The third kappa shape index (κ3) is 3.98. The lowest BCUT2D eigenvalue weighted by atomic mass is 10.0. The molecule has 1 N–H and O–H groups in total. The topological polar surface area (TPSA) is 45.6 Å². The van der Waals surface area contributed by atoms with Crippen molar-refractivity contribution in [3.05, 3.63) is 54.1 Å². The second kappa shape index (κ2) is 9.04. The Labute approximate surface area is 184 Å². The zero-order valence-corrected chi connectivity index (χ0v) is 18.3. The lowest BCUT2D eigenvalue weighted by Gasteiger charge is -2.33. The van der Waals surface area contributed by atoms with Gasteiger partial charge in [-0.2, -0.15) is 0 Å². The molecule has 0 spiro atoms. The van der Waals surface area contributed by atoms with E-state index >= 15 is 0 Å². The van der Waals surface area contributed by atoms with Crippen LogP contribution in [-0.2, 0) is 4.74 Å².